The van der Waals surface area contributed by atoms with Crippen LogP contribution in [0.3, 0.4) is 0 Å². The molecule has 0 amide bonds. The highest BCUT2D eigenvalue weighted by atomic mass is 35.5. The molecule has 1 aromatic carbocycles. The number of benzene rings is 1. The van der Waals surface area contributed by atoms with Crippen LogP contribution in [0.15, 0.2) is 18.2 Å². The fourth-order valence-corrected chi connectivity index (χ4v) is 3.08. The van der Waals surface area contributed by atoms with Crippen LogP contribution in [-0.4, -0.2) is 34.1 Å². The summed E-state index contributed by atoms with van der Waals surface area (Å²) >= 11 is 5.54. The van der Waals surface area contributed by atoms with Gasteiger partial charge in [0.1, 0.15) is 0 Å². The van der Waals surface area contributed by atoms with Crippen molar-refractivity contribution in [1.29, 1.82) is 0 Å². The van der Waals surface area contributed by atoms with E-state index < -0.39 is 10.0 Å². The summed E-state index contributed by atoms with van der Waals surface area (Å²) in [6.07, 6.45) is 1.29. The summed E-state index contributed by atoms with van der Waals surface area (Å²) in [5, 5.41) is 0. The van der Waals surface area contributed by atoms with Crippen molar-refractivity contribution in [2.75, 3.05) is 35.4 Å². The van der Waals surface area contributed by atoms with E-state index in [0.29, 0.717) is 24.4 Å². The van der Waals surface area contributed by atoms with Crippen molar-refractivity contribution in [3.8, 4) is 0 Å². The summed E-state index contributed by atoms with van der Waals surface area (Å²) in [5.41, 5.74) is 2.59. The number of unbranched alkanes of at least 4 members (excludes halogenated alkanes) is 1. The number of alkyl halides is 1. The minimum atomic E-state index is -3.28. The highest BCUT2D eigenvalue weighted by molar-refractivity contribution is 7.92. The Hall–Kier alpha value is -0.940. The molecule has 0 heterocycles. The molecular weight excluding hydrogens is 284 g/mol. The van der Waals surface area contributed by atoms with Crippen molar-refractivity contribution in [2.45, 2.75) is 19.8 Å². The van der Waals surface area contributed by atoms with Crippen molar-refractivity contribution >= 4 is 33.0 Å². The Morgan fingerprint density at radius 3 is 2.47 bits per heavy atom. The molecule has 1 N–H and O–H groups in total. The molecule has 1 rings (SSSR count). The summed E-state index contributed by atoms with van der Waals surface area (Å²) in [6.45, 7) is 1.89. The van der Waals surface area contributed by atoms with Gasteiger partial charge in [-0.2, -0.15) is 0 Å². The molecule has 0 unspecified atom stereocenters. The highest BCUT2D eigenvalue weighted by Gasteiger charge is 2.11. The molecule has 0 saturated heterocycles. The minimum absolute atomic E-state index is 0.106. The van der Waals surface area contributed by atoms with Crippen molar-refractivity contribution in [3.63, 3.8) is 0 Å². The van der Waals surface area contributed by atoms with Gasteiger partial charge in [-0.25, -0.2) is 8.42 Å². The van der Waals surface area contributed by atoms with Gasteiger partial charge in [-0.1, -0.05) is 0 Å². The summed E-state index contributed by atoms with van der Waals surface area (Å²) in [4.78, 5) is 1.98. The maximum Gasteiger partial charge on any atom is 0.232 e. The fourth-order valence-electron chi connectivity index (χ4n) is 1.65. The summed E-state index contributed by atoms with van der Waals surface area (Å²) in [7, 11) is 0.614. The zero-order valence-corrected chi connectivity index (χ0v) is 13.2. The number of rotatable bonds is 7. The third-order valence-corrected chi connectivity index (χ3v) is 4.41. The number of sulfonamides is 1. The van der Waals surface area contributed by atoms with Gasteiger partial charge in [0.15, 0.2) is 0 Å². The van der Waals surface area contributed by atoms with E-state index in [2.05, 4.69) is 4.72 Å². The van der Waals surface area contributed by atoms with E-state index in [1.54, 1.807) is 6.07 Å². The Morgan fingerprint density at radius 2 is 1.95 bits per heavy atom. The average molecular weight is 305 g/mol. The number of halogens is 1. The molecule has 0 aliphatic rings. The summed E-state index contributed by atoms with van der Waals surface area (Å²) in [5.74, 6) is 0.598. The molecule has 0 fully saturated rings. The van der Waals surface area contributed by atoms with Crippen LogP contribution in [0.2, 0.25) is 0 Å². The lowest BCUT2D eigenvalue weighted by Gasteiger charge is -2.16. The Bertz CT molecular complexity index is 515. The van der Waals surface area contributed by atoms with Crippen LogP contribution >= 0.6 is 11.6 Å². The predicted molar refractivity (Wildman–Crippen MR) is 82.9 cm³/mol. The van der Waals surface area contributed by atoms with Crippen LogP contribution in [0.1, 0.15) is 18.4 Å². The Labute approximate surface area is 120 Å². The van der Waals surface area contributed by atoms with Gasteiger partial charge in [-0.15, -0.1) is 11.6 Å². The van der Waals surface area contributed by atoms with Crippen LogP contribution in [0.5, 0.6) is 0 Å². The monoisotopic (exact) mass is 304 g/mol. The molecule has 1 aromatic rings. The molecule has 4 nitrogen and oxygen atoms in total. The number of hydrogen-bond acceptors (Lipinski definition) is 3. The first-order valence-corrected chi connectivity index (χ1v) is 8.39. The van der Waals surface area contributed by atoms with Crippen LogP contribution in [0, 0.1) is 6.92 Å². The van der Waals surface area contributed by atoms with Crippen molar-refractivity contribution in [3.05, 3.63) is 23.8 Å². The second-order valence-electron chi connectivity index (χ2n) is 4.71. The first-order valence-electron chi connectivity index (χ1n) is 6.20. The first-order chi connectivity index (χ1) is 8.85. The molecule has 0 saturated carbocycles. The van der Waals surface area contributed by atoms with Crippen molar-refractivity contribution < 1.29 is 8.42 Å². The zero-order valence-electron chi connectivity index (χ0n) is 11.6. The van der Waals surface area contributed by atoms with Gasteiger partial charge in [0, 0.05) is 25.7 Å². The smallest absolute Gasteiger partial charge is 0.232 e. The fraction of sp³-hybridized carbons (Fsp3) is 0.538. The van der Waals surface area contributed by atoms with Crippen LogP contribution in [0.25, 0.3) is 0 Å². The number of aryl methyl sites for hydroxylation is 1. The number of nitrogens with zero attached hydrogens (tertiary/aromatic N) is 1. The average Bonchev–Trinajstić information content (AvgIpc) is 2.31. The van der Waals surface area contributed by atoms with Crippen molar-refractivity contribution in [2.24, 2.45) is 0 Å². The Balaban J connectivity index is 2.76. The van der Waals surface area contributed by atoms with E-state index in [-0.39, 0.29) is 5.75 Å². The van der Waals surface area contributed by atoms with Gasteiger partial charge in [-0.3, -0.25) is 4.72 Å². The Kier molecular flexibility index (Phi) is 5.94. The molecule has 0 aliphatic carbocycles. The van der Waals surface area contributed by atoms with Gasteiger partial charge in [0.05, 0.1) is 11.4 Å². The van der Waals surface area contributed by atoms with Crippen LogP contribution in [-0.2, 0) is 10.0 Å². The molecule has 108 valence electrons. The third-order valence-electron chi connectivity index (χ3n) is 2.79. The second kappa shape index (κ2) is 7.01. The normalized spacial score (nSPS) is 11.4. The van der Waals surface area contributed by atoms with Crippen LogP contribution in [0.4, 0.5) is 11.4 Å². The topological polar surface area (TPSA) is 49.4 Å². The Morgan fingerprint density at radius 1 is 1.26 bits per heavy atom. The van der Waals surface area contributed by atoms with Crippen LogP contribution < -0.4 is 9.62 Å². The number of hydrogen-bond donors (Lipinski definition) is 1. The molecule has 0 spiro atoms. The minimum Gasteiger partial charge on any atom is -0.378 e. The zero-order chi connectivity index (χ0) is 14.5. The summed E-state index contributed by atoms with van der Waals surface area (Å²) < 4.78 is 26.4. The number of nitrogens with one attached hydrogen (secondary N) is 1. The molecule has 0 aromatic heterocycles. The SMILES string of the molecule is Cc1cc(N(C)C)ccc1NS(=O)(=O)CCCCCl. The molecule has 0 bridgehead atoms. The van der Waals surface area contributed by atoms with E-state index in [1.165, 1.54) is 0 Å². The van der Waals surface area contributed by atoms with Gasteiger partial charge >= 0.3 is 0 Å². The second-order valence-corrected chi connectivity index (χ2v) is 6.93. The van der Waals surface area contributed by atoms with Gasteiger partial charge in [0.2, 0.25) is 10.0 Å². The number of anilines is 2. The van der Waals surface area contributed by atoms with Crippen molar-refractivity contribution in [1.82, 2.24) is 0 Å². The maximum atomic E-state index is 11.9. The lowest BCUT2D eigenvalue weighted by molar-refractivity contribution is 0.598. The predicted octanol–water partition coefficient (Wildman–Crippen LogP) is 2.82. The van der Waals surface area contributed by atoms with E-state index in [1.807, 2.05) is 38.1 Å². The summed E-state index contributed by atoms with van der Waals surface area (Å²) in [6, 6.07) is 5.64. The van der Waals surface area contributed by atoms with E-state index in [9.17, 15) is 8.42 Å². The standard InChI is InChI=1S/C13H21ClN2O2S/c1-11-10-12(16(2)3)6-7-13(11)15-19(17,18)9-5-4-8-14/h6-7,10,15H,4-5,8-9H2,1-3H3. The van der Waals surface area contributed by atoms with E-state index in [0.717, 1.165) is 11.3 Å². The largest absolute Gasteiger partial charge is 0.378 e. The lowest BCUT2D eigenvalue weighted by atomic mass is 10.2. The molecule has 6 heteroatoms. The molecule has 0 aliphatic heterocycles. The van der Waals surface area contributed by atoms with E-state index in [4.69, 9.17) is 11.6 Å². The third kappa shape index (κ3) is 5.28. The highest BCUT2D eigenvalue weighted by Crippen LogP contribution is 2.22. The molecule has 19 heavy (non-hydrogen) atoms. The van der Waals surface area contributed by atoms with E-state index >= 15 is 0 Å². The van der Waals surface area contributed by atoms with Gasteiger partial charge in [0.25, 0.3) is 0 Å². The quantitative estimate of drug-likeness (QED) is 0.622. The molecular formula is C13H21ClN2O2S. The lowest BCUT2D eigenvalue weighted by Crippen LogP contribution is -2.17. The molecule has 0 radical (unpaired) electrons. The van der Waals surface area contributed by atoms with Gasteiger partial charge in [-0.05, 0) is 43.5 Å². The maximum absolute atomic E-state index is 11.9. The molecule has 0 atom stereocenters. The first kappa shape index (κ1) is 16.1. The van der Waals surface area contributed by atoms with Gasteiger partial charge < -0.3 is 4.90 Å².